The van der Waals surface area contributed by atoms with Gasteiger partial charge in [-0.25, -0.2) is 4.98 Å². The number of nitrogens with one attached hydrogen (secondary N) is 1. The Bertz CT molecular complexity index is 1200. The Morgan fingerprint density at radius 2 is 1.67 bits per heavy atom. The fourth-order valence-corrected chi connectivity index (χ4v) is 3.80. The van der Waals surface area contributed by atoms with Gasteiger partial charge in [-0.05, 0) is 35.9 Å². The minimum absolute atomic E-state index is 0.152. The van der Waals surface area contributed by atoms with Crippen LogP contribution in [0.5, 0.6) is 0 Å². The standard InChI is InChI=1S/C23H15ClN2O/c24-16-11-9-14(10-12-16)23(27)26-22-18-7-3-4-8-20(18)25-21-17-6-2-1-5-15(17)13-19(21)22/h1-12H,13H2,(H,25,26,27). The molecule has 0 radical (unpaired) electrons. The zero-order valence-electron chi connectivity index (χ0n) is 14.4. The molecule has 0 atom stereocenters. The van der Waals surface area contributed by atoms with E-state index >= 15 is 0 Å². The summed E-state index contributed by atoms with van der Waals surface area (Å²) in [4.78, 5) is 17.7. The van der Waals surface area contributed by atoms with E-state index in [-0.39, 0.29) is 5.91 Å². The number of rotatable bonds is 2. The van der Waals surface area contributed by atoms with Crippen molar-refractivity contribution in [2.45, 2.75) is 6.42 Å². The molecular formula is C23H15ClN2O. The van der Waals surface area contributed by atoms with Crippen LogP contribution >= 0.6 is 11.6 Å². The highest BCUT2D eigenvalue weighted by molar-refractivity contribution is 6.30. The number of anilines is 1. The number of benzene rings is 3. The first-order chi connectivity index (χ1) is 13.2. The van der Waals surface area contributed by atoms with E-state index in [0.29, 0.717) is 10.6 Å². The van der Waals surface area contributed by atoms with Gasteiger partial charge in [0.2, 0.25) is 0 Å². The average molecular weight is 371 g/mol. The molecule has 5 rings (SSSR count). The third-order valence-corrected chi connectivity index (χ3v) is 5.23. The Morgan fingerprint density at radius 3 is 2.52 bits per heavy atom. The van der Waals surface area contributed by atoms with Crippen LogP contribution in [0.2, 0.25) is 5.02 Å². The normalized spacial score (nSPS) is 11.9. The van der Waals surface area contributed by atoms with Gasteiger partial charge in [0.1, 0.15) is 0 Å². The summed E-state index contributed by atoms with van der Waals surface area (Å²) in [7, 11) is 0. The first-order valence-electron chi connectivity index (χ1n) is 8.77. The van der Waals surface area contributed by atoms with Crippen LogP contribution < -0.4 is 5.32 Å². The molecule has 4 heteroatoms. The van der Waals surface area contributed by atoms with Gasteiger partial charge in [-0.2, -0.15) is 0 Å². The number of pyridine rings is 1. The van der Waals surface area contributed by atoms with Crippen LogP contribution in [0.25, 0.3) is 22.2 Å². The van der Waals surface area contributed by atoms with Crippen molar-refractivity contribution < 1.29 is 4.79 Å². The smallest absolute Gasteiger partial charge is 0.255 e. The molecule has 0 saturated carbocycles. The number of hydrogen-bond acceptors (Lipinski definition) is 2. The molecule has 1 aliphatic carbocycles. The lowest BCUT2D eigenvalue weighted by Crippen LogP contribution is -2.14. The average Bonchev–Trinajstić information content (AvgIpc) is 3.07. The molecule has 1 aromatic heterocycles. The SMILES string of the molecule is O=C(Nc1c2c(nc3ccccc13)-c1ccccc1C2)c1ccc(Cl)cc1. The lowest BCUT2D eigenvalue weighted by atomic mass is 10.0. The van der Waals surface area contributed by atoms with E-state index in [4.69, 9.17) is 16.6 Å². The van der Waals surface area contributed by atoms with Gasteiger partial charge in [-0.15, -0.1) is 0 Å². The predicted octanol–water partition coefficient (Wildman–Crippen LogP) is 5.71. The lowest BCUT2D eigenvalue weighted by Gasteiger charge is -2.14. The van der Waals surface area contributed by atoms with E-state index in [0.717, 1.165) is 39.8 Å². The van der Waals surface area contributed by atoms with Crippen molar-refractivity contribution in [2.75, 3.05) is 5.32 Å². The Morgan fingerprint density at radius 1 is 0.926 bits per heavy atom. The second-order valence-corrected chi connectivity index (χ2v) is 7.06. The quantitative estimate of drug-likeness (QED) is 0.432. The minimum atomic E-state index is -0.152. The maximum Gasteiger partial charge on any atom is 0.255 e. The summed E-state index contributed by atoms with van der Waals surface area (Å²) in [5, 5.41) is 4.69. The van der Waals surface area contributed by atoms with Crippen LogP contribution in [-0.2, 0) is 6.42 Å². The number of amides is 1. The van der Waals surface area contributed by atoms with Gasteiger partial charge >= 0.3 is 0 Å². The Labute approximate surface area is 161 Å². The molecule has 1 N–H and O–H groups in total. The molecule has 130 valence electrons. The number of hydrogen-bond donors (Lipinski definition) is 1. The summed E-state index contributed by atoms with van der Waals surface area (Å²) in [5.41, 5.74) is 6.68. The highest BCUT2D eigenvalue weighted by Gasteiger charge is 2.25. The largest absolute Gasteiger partial charge is 0.321 e. The van der Waals surface area contributed by atoms with Gasteiger partial charge in [0.25, 0.3) is 5.91 Å². The number of carbonyl (C=O) groups excluding carboxylic acids is 1. The van der Waals surface area contributed by atoms with Gasteiger partial charge in [-0.1, -0.05) is 54.1 Å². The fourth-order valence-electron chi connectivity index (χ4n) is 3.67. The zero-order valence-corrected chi connectivity index (χ0v) is 15.1. The molecule has 3 aromatic carbocycles. The van der Waals surface area contributed by atoms with Gasteiger partial charge in [0.15, 0.2) is 0 Å². The third kappa shape index (κ3) is 2.68. The molecule has 0 saturated heterocycles. The van der Waals surface area contributed by atoms with E-state index in [2.05, 4.69) is 17.4 Å². The van der Waals surface area contributed by atoms with Gasteiger partial charge in [0.05, 0.1) is 16.9 Å². The predicted molar refractivity (Wildman–Crippen MR) is 109 cm³/mol. The first kappa shape index (κ1) is 16.0. The maximum atomic E-state index is 12.9. The van der Waals surface area contributed by atoms with Crippen LogP contribution in [0.15, 0.2) is 72.8 Å². The molecule has 27 heavy (non-hydrogen) atoms. The molecule has 1 aliphatic rings. The van der Waals surface area contributed by atoms with E-state index in [9.17, 15) is 4.79 Å². The van der Waals surface area contributed by atoms with Crippen molar-refractivity contribution in [2.24, 2.45) is 0 Å². The molecule has 1 amide bonds. The number of carbonyl (C=O) groups is 1. The lowest BCUT2D eigenvalue weighted by molar-refractivity contribution is 0.102. The monoisotopic (exact) mass is 370 g/mol. The van der Waals surface area contributed by atoms with Crippen molar-refractivity contribution in [1.29, 1.82) is 0 Å². The van der Waals surface area contributed by atoms with Crippen molar-refractivity contribution in [1.82, 2.24) is 4.98 Å². The Balaban J connectivity index is 1.66. The Kier molecular flexibility index (Phi) is 3.69. The maximum absolute atomic E-state index is 12.9. The van der Waals surface area contributed by atoms with Crippen molar-refractivity contribution in [3.63, 3.8) is 0 Å². The second-order valence-electron chi connectivity index (χ2n) is 6.63. The topological polar surface area (TPSA) is 42.0 Å². The molecule has 3 nitrogen and oxygen atoms in total. The number of nitrogens with zero attached hydrogens (tertiary/aromatic N) is 1. The first-order valence-corrected chi connectivity index (χ1v) is 9.15. The van der Waals surface area contributed by atoms with Crippen LogP contribution in [0, 0.1) is 0 Å². The fraction of sp³-hybridized carbons (Fsp3) is 0.0435. The molecule has 0 aliphatic heterocycles. The van der Waals surface area contributed by atoms with Crippen LogP contribution in [0.4, 0.5) is 5.69 Å². The summed E-state index contributed by atoms with van der Waals surface area (Å²) in [6.45, 7) is 0. The van der Waals surface area contributed by atoms with Crippen LogP contribution in [0.1, 0.15) is 21.5 Å². The van der Waals surface area contributed by atoms with E-state index < -0.39 is 0 Å². The van der Waals surface area contributed by atoms with E-state index in [1.54, 1.807) is 24.3 Å². The molecule has 0 spiro atoms. The summed E-state index contributed by atoms with van der Waals surface area (Å²) >= 11 is 5.94. The second kappa shape index (κ2) is 6.22. The third-order valence-electron chi connectivity index (χ3n) is 4.98. The molecule has 1 heterocycles. The molecule has 4 aromatic rings. The molecule has 0 unspecified atom stereocenters. The number of fused-ring (bicyclic) bond motifs is 4. The summed E-state index contributed by atoms with van der Waals surface area (Å²) in [6.07, 6.45) is 0.763. The van der Waals surface area contributed by atoms with Crippen LogP contribution in [0.3, 0.4) is 0 Å². The summed E-state index contributed by atoms with van der Waals surface area (Å²) in [6, 6.07) is 23.1. The van der Waals surface area contributed by atoms with Crippen molar-refractivity contribution in [3.8, 4) is 11.3 Å². The minimum Gasteiger partial charge on any atom is -0.321 e. The zero-order chi connectivity index (χ0) is 18.4. The number of aromatic nitrogens is 1. The molecule has 0 bridgehead atoms. The van der Waals surface area contributed by atoms with E-state index in [1.165, 1.54) is 5.56 Å². The highest BCUT2D eigenvalue weighted by Crippen LogP contribution is 2.42. The highest BCUT2D eigenvalue weighted by atomic mass is 35.5. The van der Waals surface area contributed by atoms with Gasteiger partial charge < -0.3 is 5.32 Å². The van der Waals surface area contributed by atoms with Gasteiger partial charge in [0, 0.05) is 33.5 Å². The van der Waals surface area contributed by atoms with Gasteiger partial charge in [-0.3, -0.25) is 4.79 Å². The Hall–Kier alpha value is -3.17. The number of para-hydroxylation sites is 1. The molecular weight excluding hydrogens is 356 g/mol. The van der Waals surface area contributed by atoms with Crippen molar-refractivity contribution in [3.05, 3.63) is 94.5 Å². The summed E-state index contributed by atoms with van der Waals surface area (Å²) in [5.74, 6) is -0.152. The molecule has 0 fully saturated rings. The van der Waals surface area contributed by atoms with E-state index in [1.807, 2.05) is 36.4 Å². The number of halogens is 1. The van der Waals surface area contributed by atoms with Crippen molar-refractivity contribution >= 4 is 34.1 Å². The van der Waals surface area contributed by atoms with Crippen LogP contribution in [-0.4, -0.2) is 10.9 Å². The summed E-state index contributed by atoms with van der Waals surface area (Å²) < 4.78 is 0.